The molecule has 0 aliphatic heterocycles. The molecule has 0 aliphatic rings. The van der Waals surface area contributed by atoms with Gasteiger partial charge in [-0.25, -0.2) is 8.78 Å². The molecule has 66 valence electrons. The van der Waals surface area contributed by atoms with Crippen molar-refractivity contribution in [3.8, 4) is 0 Å². The molecule has 0 fully saturated rings. The van der Waals surface area contributed by atoms with Crippen molar-refractivity contribution in [3.63, 3.8) is 0 Å². The lowest BCUT2D eigenvalue weighted by Crippen LogP contribution is -2.04. The zero-order valence-electron chi connectivity index (χ0n) is 6.28. The monoisotopic (exact) mass is 191 g/mol. The molecule has 1 aromatic rings. The summed E-state index contributed by atoms with van der Waals surface area (Å²) in [6, 6.07) is 3.37. The van der Waals surface area contributed by atoms with Gasteiger partial charge in [0.05, 0.1) is 5.69 Å². The summed E-state index contributed by atoms with van der Waals surface area (Å²) in [6.07, 6.45) is 0. The van der Waals surface area contributed by atoms with Gasteiger partial charge in [0, 0.05) is 18.5 Å². The first-order valence-electron chi connectivity index (χ1n) is 3.49. The fraction of sp³-hybridized carbons (Fsp3) is 0.250. The van der Waals surface area contributed by atoms with Gasteiger partial charge in [0.25, 0.3) is 0 Å². The molecular weight excluding hydrogens is 184 g/mol. The van der Waals surface area contributed by atoms with Crippen molar-refractivity contribution in [1.29, 1.82) is 0 Å². The van der Waals surface area contributed by atoms with E-state index in [1.807, 2.05) is 0 Å². The number of nitrogens with one attached hydrogen (secondary N) is 1. The van der Waals surface area contributed by atoms with E-state index in [4.69, 9.17) is 11.6 Å². The lowest BCUT2D eigenvalue weighted by atomic mass is 10.3. The Kier molecular flexibility index (Phi) is 3.29. The van der Waals surface area contributed by atoms with E-state index in [1.54, 1.807) is 0 Å². The molecule has 0 unspecified atom stereocenters. The molecule has 0 amide bonds. The van der Waals surface area contributed by atoms with Crippen LogP contribution in [-0.4, -0.2) is 12.4 Å². The van der Waals surface area contributed by atoms with Crippen LogP contribution in [0.3, 0.4) is 0 Å². The molecule has 1 N–H and O–H groups in total. The lowest BCUT2D eigenvalue weighted by Gasteiger charge is -2.04. The second-order valence-corrected chi connectivity index (χ2v) is 2.62. The van der Waals surface area contributed by atoms with Gasteiger partial charge >= 0.3 is 0 Å². The molecule has 0 spiro atoms. The molecule has 1 rings (SSSR count). The predicted octanol–water partition coefficient (Wildman–Crippen LogP) is 2.62. The summed E-state index contributed by atoms with van der Waals surface area (Å²) in [4.78, 5) is 0. The Labute approximate surface area is 74.3 Å². The third-order valence-electron chi connectivity index (χ3n) is 1.34. The summed E-state index contributed by atoms with van der Waals surface area (Å²) < 4.78 is 25.2. The summed E-state index contributed by atoms with van der Waals surface area (Å²) in [5, 5.41) is 2.72. The number of hydrogen-bond acceptors (Lipinski definition) is 1. The maximum absolute atomic E-state index is 12.8. The average molecular weight is 192 g/mol. The van der Waals surface area contributed by atoms with Crippen LogP contribution in [0, 0.1) is 11.6 Å². The summed E-state index contributed by atoms with van der Waals surface area (Å²) in [7, 11) is 0. The highest BCUT2D eigenvalue weighted by molar-refractivity contribution is 6.18. The van der Waals surface area contributed by atoms with Crippen LogP contribution in [0.1, 0.15) is 0 Å². The first-order valence-corrected chi connectivity index (χ1v) is 4.02. The summed E-state index contributed by atoms with van der Waals surface area (Å²) >= 11 is 5.38. The molecule has 0 saturated heterocycles. The topological polar surface area (TPSA) is 12.0 Å². The summed E-state index contributed by atoms with van der Waals surface area (Å²) in [5.41, 5.74) is 0.275. The number of benzene rings is 1. The van der Waals surface area contributed by atoms with Crippen molar-refractivity contribution >= 4 is 17.3 Å². The van der Waals surface area contributed by atoms with Crippen LogP contribution >= 0.6 is 11.6 Å². The fourth-order valence-corrected chi connectivity index (χ4v) is 0.909. The van der Waals surface area contributed by atoms with Crippen molar-refractivity contribution < 1.29 is 8.78 Å². The highest BCUT2D eigenvalue weighted by Gasteiger charge is 2.01. The molecule has 0 saturated carbocycles. The molecule has 12 heavy (non-hydrogen) atoms. The molecule has 1 nitrogen and oxygen atoms in total. The Morgan fingerprint density at radius 2 is 2.08 bits per heavy atom. The van der Waals surface area contributed by atoms with Crippen LogP contribution in [0.25, 0.3) is 0 Å². The van der Waals surface area contributed by atoms with Gasteiger partial charge < -0.3 is 5.32 Å². The molecule has 0 heterocycles. The van der Waals surface area contributed by atoms with Crippen LogP contribution < -0.4 is 5.32 Å². The van der Waals surface area contributed by atoms with Crippen molar-refractivity contribution in [2.45, 2.75) is 0 Å². The van der Waals surface area contributed by atoms with Crippen molar-refractivity contribution in [3.05, 3.63) is 29.8 Å². The first kappa shape index (κ1) is 9.26. The van der Waals surface area contributed by atoms with E-state index in [-0.39, 0.29) is 5.69 Å². The van der Waals surface area contributed by atoms with Gasteiger partial charge in [0.2, 0.25) is 0 Å². The molecule has 0 radical (unpaired) electrons. The third kappa shape index (κ3) is 2.34. The Bertz CT molecular complexity index is 265. The maximum atomic E-state index is 12.8. The molecule has 0 aromatic heterocycles. The van der Waals surface area contributed by atoms with Crippen LogP contribution in [0.5, 0.6) is 0 Å². The first-order chi connectivity index (χ1) is 5.74. The van der Waals surface area contributed by atoms with Gasteiger partial charge in [-0.3, -0.25) is 0 Å². The number of alkyl halides is 1. The van der Waals surface area contributed by atoms with E-state index >= 15 is 0 Å². The highest BCUT2D eigenvalue weighted by Crippen LogP contribution is 2.14. The van der Waals surface area contributed by atoms with Crippen LogP contribution in [0.4, 0.5) is 14.5 Å². The van der Waals surface area contributed by atoms with E-state index in [0.29, 0.717) is 12.4 Å². The van der Waals surface area contributed by atoms with Gasteiger partial charge in [-0.1, -0.05) is 0 Å². The van der Waals surface area contributed by atoms with Crippen LogP contribution in [0.15, 0.2) is 18.2 Å². The van der Waals surface area contributed by atoms with Gasteiger partial charge in [0.1, 0.15) is 11.6 Å². The Morgan fingerprint density at radius 3 is 2.67 bits per heavy atom. The van der Waals surface area contributed by atoms with Crippen molar-refractivity contribution in [1.82, 2.24) is 0 Å². The predicted molar refractivity (Wildman–Crippen MR) is 45.6 cm³/mol. The zero-order chi connectivity index (χ0) is 8.97. The SMILES string of the molecule is Fc1ccc(NCCCl)c(F)c1. The summed E-state index contributed by atoms with van der Waals surface area (Å²) in [5.74, 6) is -0.791. The van der Waals surface area contributed by atoms with Crippen molar-refractivity contribution in [2.24, 2.45) is 0 Å². The number of anilines is 1. The van der Waals surface area contributed by atoms with E-state index in [1.165, 1.54) is 12.1 Å². The molecule has 4 heteroatoms. The second kappa shape index (κ2) is 4.26. The minimum atomic E-state index is -0.597. The smallest absolute Gasteiger partial charge is 0.149 e. The van der Waals surface area contributed by atoms with Gasteiger partial charge in [-0.2, -0.15) is 0 Å². The maximum Gasteiger partial charge on any atom is 0.149 e. The summed E-state index contributed by atoms with van der Waals surface area (Å²) in [6.45, 7) is 0.462. The van der Waals surface area contributed by atoms with Gasteiger partial charge in [0.15, 0.2) is 0 Å². The minimum absolute atomic E-state index is 0.275. The lowest BCUT2D eigenvalue weighted by molar-refractivity contribution is 0.585. The fourth-order valence-electron chi connectivity index (χ4n) is 0.815. The highest BCUT2D eigenvalue weighted by atomic mass is 35.5. The molecular formula is C8H8ClF2N. The normalized spacial score (nSPS) is 9.92. The Hall–Kier alpha value is -0.830. The molecule has 0 atom stereocenters. The third-order valence-corrected chi connectivity index (χ3v) is 1.53. The van der Waals surface area contributed by atoms with Crippen LogP contribution in [0.2, 0.25) is 0 Å². The largest absolute Gasteiger partial charge is 0.381 e. The average Bonchev–Trinajstić information content (AvgIpc) is 2.03. The quantitative estimate of drug-likeness (QED) is 0.725. The van der Waals surface area contributed by atoms with Crippen LogP contribution in [-0.2, 0) is 0 Å². The second-order valence-electron chi connectivity index (χ2n) is 2.24. The Balaban J connectivity index is 2.72. The number of halogens is 3. The van der Waals surface area contributed by atoms with E-state index in [9.17, 15) is 8.78 Å². The van der Waals surface area contributed by atoms with Crippen molar-refractivity contribution in [2.75, 3.05) is 17.7 Å². The standard InChI is InChI=1S/C8H8ClF2N/c9-3-4-12-8-2-1-6(10)5-7(8)11/h1-2,5,12H,3-4H2. The number of hydrogen-bond donors (Lipinski definition) is 1. The minimum Gasteiger partial charge on any atom is -0.381 e. The van der Waals surface area contributed by atoms with E-state index in [2.05, 4.69) is 5.32 Å². The molecule has 0 bridgehead atoms. The van der Waals surface area contributed by atoms with E-state index < -0.39 is 11.6 Å². The van der Waals surface area contributed by atoms with Gasteiger partial charge in [-0.15, -0.1) is 11.6 Å². The molecule has 1 aromatic carbocycles. The zero-order valence-corrected chi connectivity index (χ0v) is 7.04. The molecule has 0 aliphatic carbocycles. The van der Waals surface area contributed by atoms with Gasteiger partial charge in [-0.05, 0) is 12.1 Å². The number of rotatable bonds is 3. The Morgan fingerprint density at radius 1 is 1.33 bits per heavy atom. The van der Waals surface area contributed by atoms with E-state index in [0.717, 1.165) is 6.07 Å².